The Labute approximate surface area is 95.6 Å². The van der Waals surface area contributed by atoms with Gasteiger partial charge in [-0.1, -0.05) is 0 Å². The average Bonchev–Trinajstić information content (AvgIpc) is 2.27. The van der Waals surface area contributed by atoms with Crippen LogP contribution in [0, 0.1) is 11.3 Å². The SMILES string of the molecule is CC(C)(CNC(=O)C1CCCNC1)C(=O)O. The number of carbonyl (C=O) groups is 2. The molecule has 1 heterocycles. The smallest absolute Gasteiger partial charge is 0.310 e. The lowest BCUT2D eigenvalue weighted by Crippen LogP contribution is -2.45. The van der Waals surface area contributed by atoms with Crippen LogP contribution in [0.3, 0.4) is 0 Å². The summed E-state index contributed by atoms with van der Waals surface area (Å²) in [7, 11) is 0. The molecule has 5 heteroatoms. The molecule has 1 fully saturated rings. The number of piperidine rings is 1. The maximum absolute atomic E-state index is 11.7. The van der Waals surface area contributed by atoms with E-state index in [4.69, 9.17) is 5.11 Å². The van der Waals surface area contributed by atoms with E-state index in [-0.39, 0.29) is 18.4 Å². The summed E-state index contributed by atoms with van der Waals surface area (Å²) in [5.41, 5.74) is -0.905. The second-order valence-corrected chi connectivity index (χ2v) is 4.95. The molecule has 0 aromatic rings. The van der Waals surface area contributed by atoms with Gasteiger partial charge in [0.2, 0.25) is 5.91 Å². The Morgan fingerprint density at radius 1 is 1.50 bits per heavy atom. The molecule has 1 aliphatic rings. The van der Waals surface area contributed by atoms with E-state index in [9.17, 15) is 9.59 Å². The van der Waals surface area contributed by atoms with Gasteiger partial charge >= 0.3 is 5.97 Å². The van der Waals surface area contributed by atoms with Gasteiger partial charge in [0.1, 0.15) is 0 Å². The summed E-state index contributed by atoms with van der Waals surface area (Å²) >= 11 is 0. The fourth-order valence-electron chi connectivity index (χ4n) is 1.60. The Bertz CT molecular complexity index is 270. The lowest BCUT2D eigenvalue weighted by Gasteiger charge is -2.25. The average molecular weight is 228 g/mol. The van der Waals surface area contributed by atoms with Crippen molar-refractivity contribution in [3.63, 3.8) is 0 Å². The third-order valence-electron chi connectivity index (χ3n) is 2.95. The van der Waals surface area contributed by atoms with Crippen molar-refractivity contribution in [1.82, 2.24) is 10.6 Å². The van der Waals surface area contributed by atoms with E-state index in [1.807, 2.05) is 0 Å². The van der Waals surface area contributed by atoms with Gasteiger partial charge in [-0.3, -0.25) is 9.59 Å². The maximum atomic E-state index is 11.7. The highest BCUT2D eigenvalue weighted by atomic mass is 16.4. The number of hydrogen-bond donors (Lipinski definition) is 3. The number of carbonyl (C=O) groups excluding carboxylic acids is 1. The fraction of sp³-hybridized carbons (Fsp3) is 0.818. The summed E-state index contributed by atoms with van der Waals surface area (Å²) in [5, 5.41) is 14.8. The highest BCUT2D eigenvalue weighted by Crippen LogP contribution is 2.15. The predicted molar refractivity (Wildman–Crippen MR) is 60.0 cm³/mol. The fourth-order valence-corrected chi connectivity index (χ4v) is 1.60. The lowest BCUT2D eigenvalue weighted by molar-refractivity contribution is -0.146. The Morgan fingerprint density at radius 3 is 2.69 bits per heavy atom. The summed E-state index contributed by atoms with van der Waals surface area (Å²) in [6, 6.07) is 0. The van der Waals surface area contributed by atoms with Crippen LogP contribution in [-0.4, -0.2) is 36.6 Å². The van der Waals surface area contributed by atoms with Gasteiger partial charge < -0.3 is 15.7 Å². The molecule has 1 saturated heterocycles. The second-order valence-electron chi connectivity index (χ2n) is 4.95. The van der Waals surface area contributed by atoms with Crippen molar-refractivity contribution in [3.8, 4) is 0 Å². The zero-order valence-electron chi connectivity index (χ0n) is 9.88. The van der Waals surface area contributed by atoms with E-state index in [2.05, 4.69) is 10.6 Å². The topological polar surface area (TPSA) is 78.4 Å². The van der Waals surface area contributed by atoms with Crippen molar-refractivity contribution in [2.45, 2.75) is 26.7 Å². The third-order valence-corrected chi connectivity index (χ3v) is 2.95. The third kappa shape index (κ3) is 3.48. The molecular weight excluding hydrogens is 208 g/mol. The minimum atomic E-state index is -0.905. The summed E-state index contributed by atoms with van der Waals surface area (Å²) in [6.45, 7) is 5.05. The molecule has 16 heavy (non-hydrogen) atoms. The van der Waals surface area contributed by atoms with Gasteiger partial charge in [0, 0.05) is 13.1 Å². The van der Waals surface area contributed by atoms with Crippen LogP contribution in [0.25, 0.3) is 0 Å². The van der Waals surface area contributed by atoms with Crippen molar-refractivity contribution in [2.24, 2.45) is 11.3 Å². The van der Waals surface area contributed by atoms with Gasteiger partial charge in [-0.2, -0.15) is 0 Å². The molecule has 0 bridgehead atoms. The maximum Gasteiger partial charge on any atom is 0.310 e. The zero-order valence-corrected chi connectivity index (χ0v) is 9.88. The van der Waals surface area contributed by atoms with Gasteiger partial charge in [0.15, 0.2) is 0 Å². The highest BCUT2D eigenvalue weighted by molar-refractivity contribution is 5.80. The molecule has 0 aliphatic carbocycles. The summed E-state index contributed by atoms with van der Waals surface area (Å²) < 4.78 is 0. The van der Waals surface area contributed by atoms with Crippen molar-refractivity contribution in [1.29, 1.82) is 0 Å². The molecule has 1 atom stereocenters. The van der Waals surface area contributed by atoms with Gasteiger partial charge in [-0.05, 0) is 33.2 Å². The van der Waals surface area contributed by atoms with Gasteiger partial charge in [-0.25, -0.2) is 0 Å². The molecular formula is C11H20N2O3. The van der Waals surface area contributed by atoms with E-state index >= 15 is 0 Å². The van der Waals surface area contributed by atoms with Crippen LogP contribution >= 0.6 is 0 Å². The Hall–Kier alpha value is -1.10. The molecule has 1 aliphatic heterocycles. The van der Waals surface area contributed by atoms with Crippen molar-refractivity contribution >= 4 is 11.9 Å². The van der Waals surface area contributed by atoms with Gasteiger partial charge in [0.25, 0.3) is 0 Å². The first-order chi connectivity index (χ1) is 7.43. The van der Waals surface area contributed by atoms with Crippen LogP contribution in [0.2, 0.25) is 0 Å². The predicted octanol–water partition coefficient (Wildman–Crippen LogP) is 0.213. The summed E-state index contributed by atoms with van der Waals surface area (Å²) in [4.78, 5) is 22.6. The molecule has 1 amide bonds. The minimum absolute atomic E-state index is 0.0154. The first-order valence-corrected chi connectivity index (χ1v) is 5.65. The van der Waals surface area contributed by atoms with Crippen molar-refractivity contribution in [2.75, 3.05) is 19.6 Å². The summed E-state index contributed by atoms with van der Waals surface area (Å²) in [6.07, 6.45) is 1.88. The standard InChI is InChI=1S/C11H20N2O3/c1-11(2,10(15)16)7-13-9(14)8-4-3-5-12-6-8/h8,12H,3-7H2,1-2H3,(H,13,14)(H,15,16). The zero-order chi connectivity index (χ0) is 12.2. The van der Waals surface area contributed by atoms with Crippen LogP contribution in [0.4, 0.5) is 0 Å². The molecule has 92 valence electrons. The first-order valence-electron chi connectivity index (χ1n) is 5.65. The van der Waals surface area contributed by atoms with Gasteiger partial charge in [0.05, 0.1) is 11.3 Å². The van der Waals surface area contributed by atoms with Crippen LogP contribution in [0.15, 0.2) is 0 Å². The largest absolute Gasteiger partial charge is 0.481 e. The monoisotopic (exact) mass is 228 g/mol. The Balaban J connectivity index is 2.37. The van der Waals surface area contributed by atoms with Crippen molar-refractivity contribution in [3.05, 3.63) is 0 Å². The first kappa shape index (κ1) is 13.0. The quantitative estimate of drug-likeness (QED) is 0.643. The number of nitrogens with one attached hydrogen (secondary N) is 2. The van der Waals surface area contributed by atoms with Gasteiger partial charge in [-0.15, -0.1) is 0 Å². The molecule has 1 rings (SSSR count). The Kier molecular flexibility index (Phi) is 4.29. The van der Waals surface area contributed by atoms with Crippen LogP contribution in [0.5, 0.6) is 0 Å². The molecule has 1 unspecified atom stereocenters. The van der Waals surface area contributed by atoms with E-state index in [1.54, 1.807) is 13.8 Å². The number of amides is 1. The van der Waals surface area contributed by atoms with E-state index < -0.39 is 11.4 Å². The number of hydrogen-bond acceptors (Lipinski definition) is 3. The highest BCUT2D eigenvalue weighted by Gasteiger charge is 2.29. The number of carboxylic acid groups (broad SMARTS) is 1. The molecule has 0 aromatic carbocycles. The molecule has 0 spiro atoms. The van der Waals surface area contributed by atoms with Crippen LogP contribution in [-0.2, 0) is 9.59 Å². The summed E-state index contributed by atoms with van der Waals surface area (Å²) in [5.74, 6) is -0.950. The molecule has 3 N–H and O–H groups in total. The normalized spacial score (nSPS) is 21.5. The van der Waals surface area contributed by atoms with E-state index in [0.29, 0.717) is 6.54 Å². The van der Waals surface area contributed by atoms with E-state index in [0.717, 1.165) is 19.4 Å². The van der Waals surface area contributed by atoms with Crippen LogP contribution < -0.4 is 10.6 Å². The molecule has 5 nitrogen and oxygen atoms in total. The number of aliphatic carboxylic acids is 1. The number of rotatable bonds is 4. The Morgan fingerprint density at radius 2 is 2.19 bits per heavy atom. The van der Waals surface area contributed by atoms with E-state index in [1.165, 1.54) is 0 Å². The van der Waals surface area contributed by atoms with Crippen molar-refractivity contribution < 1.29 is 14.7 Å². The molecule has 0 radical (unpaired) electrons. The second kappa shape index (κ2) is 5.30. The number of carboxylic acids is 1. The van der Waals surface area contributed by atoms with Crippen LogP contribution in [0.1, 0.15) is 26.7 Å². The lowest BCUT2D eigenvalue weighted by atomic mass is 9.93. The molecule has 0 saturated carbocycles. The molecule has 0 aromatic heterocycles. The minimum Gasteiger partial charge on any atom is -0.481 e.